The normalized spacial score (nSPS) is 17.3. The van der Waals surface area contributed by atoms with E-state index in [1.807, 2.05) is 23.9 Å². The van der Waals surface area contributed by atoms with Crippen molar-refractivity contribution in [2.75, 3.05) is 43.0 Å². The van der Waals surface area contributed by atoms with E-state index in [9.17, 15) is 0 Å². The first-order valence-corrected chi connectivity index (χ1v) is 7.04. The third-order valence-electron chi connectivity index (χ3n) is 2.58. The van der Waals surface area contributed by atoms with E-state index in [1.165, 1.54) is 24.6 Å². The highest BCUT2D eigenvalue weighted by molar-refractivity contribution is 7.99. The minimum absolute atomic E-state index is 0.691. The summed E-state index contributed by atoms with van der Waals surface area (Å²) in [6.45, 7) is 4.36. The molecule has 0 atom stereocenters. The first-order valence-electron chi connectivity index (χ1n) is 5.51. The molecular weight excluding hydrogens is 242 g/mol. The molecule has 2 rings (SSSR count). The van der Waals surface area contributed by atoms with E-state index in [-0.39, 0.29) is 0 Å². The molecule has 88 valence electrons. The van der Waals surface area contributed by atoms with E-state index in [4.69, 9.17) is 11.6 Å². The van der Waals surface area contributed by atoms with Crippen molar-refractivity contribution in [1.29, 1.82) is 0 Å². The summed E-state index contributed by atoms with van der Waals surface area (Å²) in [6.07, 6.45) is 1.76. The van der Waals surface area contributed by atoms with Gasteiger partial charge in [0.1, 0.15) is 5.82 Å². The zero-order valence-corrected chi connectivity index (χ0v) is 10.7. The Hall–Kier alpha value is -0.450. The third kappa shape index (κ3) is 3.54. The highest BCUT2D eigenvalue weighted by Gasteiger charge is 2.09. The van der Waals surface area contributed by atoms with Gasteiger partial charge in [0.05, 0.1) is 5.02 Å². The second kappa shape index (κ2) is 6.33. The van der Waals surface area contributed by atoms with Crippen LogP contribution < -0.4 is 5.32 Å². The van der Waals surface area contributed by atoms with Gasteiger partial charge in [0.25, 0.3) is 0 Å². The van der Waals surface area contributed by atoms with Crippen LogP contribution in [0, 0.1) is 0 Å². The fraction of sp³-hybridized carbons (Fsp3) is 0.545. The van der Waals surface area contributed by atoms with E-state index < -0.39 is 0 Å². The molecular formula is C11H16ClN3S. The van der Waals surface area contributed by atoms with Crippen molar-refractivity contribution in [3.05, 3.63) is 23.4 Å². The van der Waals surface area contributed by atoms with Gasteiger partial charge in [0.2, 0.25) is 0 Å². The molecule has 5 heteroatoms. The molecule has 3 nitrogen and oxygen atoms in total. The lowest BCUT2D eigenvalue weighted by molar-refractivity contribution is 0.314. The molecule has 0 saturated carbocycles. The maximum atomic E-state index is 6.00. The van der Waals surface area contributed by atoms with E-state index in [0.717, 1.165) is 18.9 Å². The minimum atomic E-state index is 0.691. The van der Waals surface area contributed by atoms with E-state index in [0.29, 0.717) is 5.02 Å². The number of anilines is 1. The summed E-state index contributed by atoms with van der Waals surface area (Å²) in [4.78, 5) is 6.67. The molecule has 0 aliphatic carbocycles. The Morgan fingerprint density at radius 2 is 2.25 bits per heavy atom. The molecule has 0 radical (unpaired) electrons. The molecule has 1 saturated heterocycles. The van der Waals surface area contributed by atoms with Crippen molar-refractivity contribution in [2.24, 2.45) is 0 Å². The minimum Gasteiger partial charge on any atom is -0.368 e. The number of pyridine rings is 1. The van der Waals surface area contributed by atoms with Crippen molar-refractivity contribution in [1.82, 2.24) is 9.88 Å². The van der Waals surface area contributed by atoms with Crippen molar-refractivity contribution in [3.8, 4) is 0 Å². The smallest absolute Gasteiger partial charge is 0.144 e. The number of nitrogens with one attached hydrogen (secondary N) is 1. The average Bonchev–Trinajstić information content (AvgIpc) is 2.33. The van der Waals surface area contributed by atoms with Crippen LogP contribution in [-0.4, -0.2) is 47.6 Å². The summed E-state index contributed by atoms with van der Waals surface area (Å²) in [5.74, 6) is 3.30. The van der Waals surface area contributed by atoms with Gasteiger partial charge in [-0.25, -0.2) is 4.98 Å². The van der Waals surface area contributed by atoms with Crippen molar-refractivity contribution >= 4 is 29.2 Å². The average molecular weight is 258 g/mol. The van der Waals surface area contributed by atoms with Crippen LogP contribution in [0.5, 0.6) is 0 Å². The summed E-state index contributed by atoms with van der Waals surface area (Å²) in [7, 11) is 0. The topological polar surface area (TPSA) is 28.2 Å². The van der Waals surface area contributed by atoms with Crippen molar-refractivity contribution in [3.63, 3.8) is 0 Å². The van der Waals surface area contributed by atoms with Gasteiger partial charge in [-0.15, -0.1) is 0 Å². The number of hydrogen-bond donors (Lipinski definition) is 1. The van der Waals surface area contributed by atoms with Gasteiger partial charge >= 0.3 is 0 Å². The number of aromatic nitrogens is 1. The molecule has 16 heavy (non-hydrogen) atoms. The molecule has 1 aliphatic heterocycles. The maximum absolute atomic E-state index is 6.00. The Labute approximate surface area is 106 Å². The lowest BCUT2D eigenvalue weighted by Crippen LogP contribution is -2.36. The maximum Gasteiger partial charge on any atom is 0.144 e. The van der Waals surface area contributed by atoms with Crippen LogP contribution in [0.1, 0.15) is 0 Å². The van der Waals surface area contributed by atoms with Gasteiger partial charge in [-0.2, -0.15) is 11.8 Å². The quantitative estimate of drug-likeness (QED) is 0.895. The predicted octanol–water partition coefficient (Wildman–Crippen LogP) is 2.20. The Balaban J connectivity index is 1.73. The van der Waals surface area contributed by atoms with Crippen LogP contribution in [0.25, 0.3) is 0 Å². The molecule has 1 aliphatic rings. The van der Waals surface area contributed by atoms with E-state index in [2.05, 4.69) is 15.2 Å². The van der Waals surface area contributed by atoms with Crippen LogP contribution in [0.4, 0.5) is 5.82 Å². The molecule has 1 N–H and O–H groups in total. The Kier molecular flexibility index (Phi) is 4.75. The van der Waals surface area contributed by atoms with Crippen molar-refractivity contribution in [2.45, 2.75) is 0 Å². The first-order chi connectivity index (χ1) is 7.86. The zero-order chi connectivity index (χ0) is 11.2. The molecule has 1 aromatic heterocycles. The summed E-state index contributed by atoms with van der Waals surface area (Å²) in [6, 6.07) is 3.70. The fourth-order valence-corrected chi connectivity index (χ4v) is 2.84. The Morgan fingerprint density at radius 1 is 1.44 bits per heavy atom. The molecule has 0 spiro atoms. The zero-order valence-electron chi connectivity index (χ0n) is 9.16. The molecule has 0 bridgehead atoms. The summed E-state index contributed by atoms with van der Waals surface area (Å²) < 4.78 is 0. The predicted molar refractivity (Wildman–Crippen MR) is 71.5 cm³/mol. The fourth-order valence-electron chi connectivity index (χ4n) is 1.67. The van der Waals surface area contributed by atoms with E-state index >= 15 is 0 Å². The van der Waals surface area contributed by atoms with Crippen molar-refractivity contribution < 1.29 is 0 Å². The Bertz CT molecular complexity index is 329. The van der Waals surface area contributed by atoms with Crippen LogP contribution in [0.2, 0.25) is 5.02 Å². The van der Waals surface area contributed by atoms with Crippen LogP contribution in [0.15, 0.2) is 18.3 Å². The molecule has 1 fully saturated rings. The number of hydrogen-bond acceptors (Lipinski definition) is 4. The molecule has 2 heterocycles. The number of nitrogens with zero attached hydrogens (tertiary/aromatic N) is 2. The first kappa shape index (κ1) is 12.0. The lowest BCUT2D eigenvalue weighted by atomic mass is 10.4. The second-order valence-corrected chi connectivity index (χ2v) is 5.35. The van der Waals surface area contributed by atoms with Gasteiger partial charge in [-0.1, -0.05) is 11.6 Å². The second-order valence-electron chi connectivity index (χ2n) is 3.71. The highest BCUT2D eigenvalue weighted by Crippen LogP contribution is 2.17. The molecule has 1 aromatic rings. The van der Waals surface area contributed by atoms with Gasteiger partial charge in [0, 0.05) is 43.9 Å². The monoisotopic (exact) mass is 257 g/mol. The van der Waals surface area contributed by atoms with Crippen LogP contribution in [-0.2, 0) is 0 Å². The van der Waals surface area contributed by atoms with Crippen LogP contribution >= 0.6 is 23.4 Å². The standard InChI is InChI=1S/C11H16ClN3S/c12-10-2-1-3-13-11(10)14-4-5-15-6-8-16-9-7-15/h1-3H,4-9H2,(H,13,14). The Morgan fingerprint density at radius 3 is 3.00 bits per heavy atom. The van der Waals surface area contributed by atoms with Crippen LogP contribution in [0.3, 0.4) is 0 Å². The van der Waals surface area contributed by atoms with E-state index in [1.54, 1.807) is 6.20 Å². The number of halogens is 1. The summed E-state index contributed by atoms with van der Waals surface area (Å²) in [5.41, 5.74) is 0. The molecule has 0 aromatic carbocycles. The third-order valence-corrected chi connectivity index (χ3v) is 3.83. The lowest BCUT2D eigenvalue weighted by Gasteiger charge is -2.26. The van der Waals surface area contributed by atoms with Gasteiger partial charge in [0.15, 0.2) is 0 Å². The largest absolute Gasteiger partial charge is 0.368 e. The summed E-state index contributed by atoms with van der Waals surface area (Å²) >= 11 is 8.04. The van der Waals surface area contributed by atoms with Gasteiger partial charge < -0.3 is 5.32 Å². The number of thioether (sulfide) groups is 1. The summed E-state index contributed by atoms with van der Waals surface area (Å²) in [5, 5.41) is 3.96. The van der Waals surface area contributed by atoms with Gasteiger partial charge in [-0.05, 0) is 12.1 Å². The SMILES string of the molecule is Clc1cccnc1NCCN1CCSCC1. The molecule has 0 amide bonds. The van der Waals surface area contributed by atoms with Gasteiger partial charge in [-0.3, -0.25) is 4.90 Å². The highest BCUT2D eigenvalue weighted by atomic mass is 35.5. The molecule has 0 unspecified atom stereocenters. The number of rotatable bonds is 4.